The van der Waals surface area contributed by atoms with E-state index in [1.807, 2.05) is 0 Å². The normalized spacial score (nSPS) is 11.1. The Kier molecular flexibility index (Phi) is 29.4. The molecule has 0 bridgehead atoms. The van der Waals surface area contributed by atoms with Gasteiger partial charge < -0.3 is 9.11 Å². The summed E-state index contributed by atoms with van der Waals surface area (Å²) in [6.07, 6.45) is 14.4. The summed E-state index contributed by atoms with van der Waals surface area (Å²) < 4.78 is 24.1. The number of rotatable bonds is 9. The summed E-state index contributed by atoms with van der Waals surface area (Å²) in [5.41, 5.74) is 0. The molecule has 0 aliphatic heterocycles. The quantitative estimate of drug-likeness (QED) is 0.385. The minimum atomic E-state index is -2.86. The molecule has 3 nitrogen and oxygen atoms in total. The predicted molar refractivity (Wildman–Crippen MR) is 69.1 cm³/mol. The third kappa shape index (κ3) is 38.4. The van der Waals surface area contributed by atoms with Gasteiger partial charge in [0.25, 0.3) is 0 Å². The van der Waals surface area contributed by atoms with E-state index in [9.17, 15) is 0 Å². The van der Waals surface area contributed by atoms with E-state index in [0.717, 1.165) is 0 Å². The maximum atomic E-state index is 8.56. The Morgan fingerprint density at radius 3 is 1.18 bits per heavy atom. The smallest absolute Gasteiger partial charge is 0.750 e. The van der Waals surface area contributed by atoms with Crippen LogP contribution in [0.4, 0.5) is 0 Å². The van der Waals surface area contributed by atoms with Crippen molar-refractivity contribution < 1.29 is 32.2 Å². The molecule has 5 heteroatoms. The van der Waals surface area contributed by atoms with Gasteiger partial charge in [0.05, 0.1) is 11.4 Å². The van der Waals surface area contributed by atoms with E-state index in [0.29, 0.717) is 0 Å². The number of hydrogen-bond donors (Lipinski definition) is 1. The Balaban J connectivity index is -0.000000340. The topological polar surface area (TPSA) is 60.4 Å². The largest absolute Gasteiger partial charge is 1.00 e. The average molecular weight is 258 g/mol. The molecule has 17 heavy (non-hydrogen) atoms. The van der Waals surface area contributed by atoms with Crippen molar-refractivity contribution in [3.63, 3.8) is 0 Å². The molecule has 0 aromatic heterocycles. The molecule has 0 aromatic rings. The van der Waals surface area contributed by atoms with E-state index in [4.69, 9.17) is 13.3 Å². The molecule has 0 aliphatic rings. The van der Waals surface area contributed by atoms with Crippen LogP contribution in [-0.2, 0) is 11.4 Å². The fraction of sp³-hybridized carbons (Fsp3) is 1.00. The molecular formula is C12H27LiO3S. The maximum absolute atomic E-state index is 8.56. The Morgan fingerprint density at radius 1 is 0.824 bits per heavy atom. The summed E-state index contributed by atoms with van der Waals surface area (Å²) in [6.45, 7) is 4.56. The van der Waals surface area contributed by atoms with Crippen LogP contribution in [0.2, 0.25) is 0 Å². The van der Waals surface area contributed by atoms with Crippen LogP contribution in [0.3, 0.4) is 0 Å². The molecule has 0 amide bonds. The van der Waals surface area contributed by atoms with Crippen molar-refractivity contribution in [1.29, 1.82) is 0 Å². The Bertz CT molecular complexity index is 132. The molecule has 0 heterocycles. The minimum absolute atomic E-state index is 0. The van der Waals surface area contributed by atoms with Crippen LogP contribution in [-0.4, -0.2) is 13.3 Å². The van der Waals surface area contributed by atoms with E-state index >= 15 is 0 Å². The van der Waals surface area contributed by atoms with Crippen molar-refractivity contribution in [3.05, 3.63) is 0 Å². The molecule has 0 spiro atoms. The van der Waals surface area contributed by atoms with Gasteiger partial charge in [-0.15, -0.1) is 0 Å². The van der Waals surface area contributed by atoms with Crippen LogP contribution in [0.25, 0.3) is 0 Å². The SMILES string of the molecule is CCCCCCCCCCCC.O=S([O-])O.[Li+]. The molecule has 0 saturated carbocycles. The van der Waals surface area contributed by atoms with E-state index in [1.54, 1.807) is 0 Å². The zero-order valence-electron chi connectivity index (χ0n) is 11.7. The van der Waals surface area contributed by atoms with Crippen LogP contribution in [0.5, 0.6) is 0 Å². The van der Waals surface area contributed by atoms with E-state index in [-0.39, 0.29) is 18.9 Å². The third-order valence-electron chi connectivity index (χ3n) is 2.46. The fourth-order valence-corrected chi connectivity index (χ4v) is 1.56. The first-order valence-corrected chi connectivity index (χ1v) is 7.46. The van der Waals surface area contributed by atoms with Crippen LogP contribution < -0.4 is 18.9 Å². The molecule has 0 radical (unpaired) electrons. The van der Waals surface area contributed by atoms with Gasteiger partial charge in [-0.05, 0) is 0 Å². The Morgan fingerprint density at radius 2 is 1.00 bits per heavy atom. The molecule has 100 valence electrons. The molecule has 0 aromatic carbocycles. The molecule has 0 rings (SSSR count). The Hall–Kier alpha value is 0.667. The summed E-state index contributed by atoms with van der Waals surface area (Å²) in [5.74, 6) is 0. The molecule has 1 atom stereocenters. The van der Waals surface area contributed by atoms with Crippen LogP contribution in [0.15, 0.2) is 0 Å². The van der Waals surface area contributed by atoms with Gasteiger partial charge in [-0.2, -0.15) is 0 Å². The van der Waals surface area contributed by atoms with Crippen molar-refractivity contribution in [1.82, 2.24) is 0 Å². The van der Waals surface area contributed by atoms with E-state index < -0.39 is 11.4 Å². The molecule has 1 unspecified atom stereocenters. The second kappa shape index (κ2) is 21.9. The second-order valence-electron chi connectivity index (χ2n) is 4.05. The zero-order chi connectivity index (χ0) is 12.6. The van der Waals surface area contributed by atoms with Crippen molar-refractivity contribution >= 4 is 11.4 Å². The van der Waals surface area contributed by atoms with Crippen LogP contribution >= 0.6 is 0 Å². The second-order valence-corrected chi connectivity index (χ2v) is 4.48. The summed E-state index contributed by atoms with van der Waals surface area (Å²) in [5, 5.41) is 0. The summed E-state index contributed by atoms with van der Waals surface area (Å²) in [6, 6.07) is 0. The van der Waals surface area contributed by atoms with Crippen LogP contribution in [0, 0.1) is 0 Å². The monoisotopic (exact) mass is 258 g/mol. The minimum Gasteiger partial charge on any atom is -0.750 e. The van der Waals surface area contributed by atoms with Crippen molar-refractivity contribution in [2.45, 2.75) is 78.1 Å². The first kappa shape index (κ1) is 22.8. The Labute approximate surface area is 121 Å². The van der Waals surface area contributed by atoms with Gasteiger partial charge in [-0.3, -0.25) is 0 Å². The average Bonchev–Trinajstić information content (AvgIpc) is 2.21. The molecule has 0 aliphatic carbocycles. The van der Waals surface area contributed by atoms with Gasteiger partial charge in [0.1, 0.15) is 0 Å². The van der Waals surface area contributed by atoms with E-state index in [2.05, 4.69) is 13.8 Å². The van der Waals surface area contributed by atoms with E-state index in [1.165, 1.54) is 64.2 Å². The van der Waals surface area contributed by atoms with Gasteiger partial charge >= 0.3 is 18.9 Å². The van der Waals surface area contributed by atoms with Gasteiger partial charge in [0.15, 0.2) is 0 Å². The standard InChI is InChI=1S/C12H26.Li.H2O3S/c1-3-5-7-9-11-12-10-8-6-4-2;;1-4(2)3/h3-12H2,1-2H3;;(H2,1,2,3)/q;+1;/p-1. The molecular weight excluding hydrogens is 231 g/mol. The summed E-state index contributed by atoms with van der Waals surface area (Å²) >= 11 is -2.86. The van der Waals surface area contributed by atoms with Crippen molar-refractivity contribution in [3.8, 4) is 0 Å². The molecule has 0 fully saturated rings. The fourth-order valence-electron chi connectivity index (χ4n) is 1.56. The third-order valence-corrected chi connectivity index (χ3v) is 2.46. The molecule has 0 saturated heterocycles. The summed E-state index contributed by atoms with van der Waals surface area (Å²) in [7, 11) is 0. The zero-order valence-corrected chi connectivity index (χ0v) is 12.6. The first-order chi connectivity index (χ1) is 7.65. The van der Waals surface area contributed by atoms with Gasteiger partial charge in [0, 0.05) is 0 Å². The van der Waals surface area contributed by atoms with Gasteiger partial charge in [-0.1, -0.05) is 78.1 Å². The summed E-state index contributed by atoms with van der Waals surface area (Å²) in [4.78, 5) is 0. The number of hydrogen-bond acceptors (Lipinski definition) is 2. The maximum Gasteiger partial charge on any atom is 1.00 e. The first-order valence-electron chi connectivity index (χ1n) is 6.43. The number of unbranched alkanes of at least 4 members (excludes halogenated alkanes) is 9. The molecule has 1 N–H and O–H groups in total. The van der Waals surface area contributed by atoms with Gasteiger partial charge in [0.2, 0.25) is 0 Å². The van der Waals surface area contributed by atoms with Crippen LogP contribution in [0.1, 0.15) is 78.1 Å². The predicted octanol–water partition coefficient (Wildman–Crippen LogP) is 1.27. The van der Waals surface area contributed by atoms with Gasteiger partial charge in [-0.25, -0.2) is 4.21 Å². The van der Waals surface area contributed by atoms with Crippen molar-refractivity contribution in [2.24, 2.45) is 0 Å². The van der Waals surface area contributed by atoms with Crippen molar-refractivity contribution in [2.75, 3.05) is 0 Å².